The van der Waals surface area contributed by atoms with Crippen molar-refractivity contribution in [2.24, 2.45) is 44.8 Å². The summed E-state index contributed by atoms with van der Waals surface area (Å²) in [5.74, 6) is 1.77. The molecular formula is C29H46O3. The molecule has 5 aliphatic carbocycles. The molecule has 0 amide bonds. The van der Waals surface area contributed by atoms with Gasteiger partial charge in [0.15, 0.2) is 0 Å². The summed E-state index contributed by atoms with van der Waals surface area (Å²) in [6, 6.07) is 0. The highest BCUT2D eigenvalue weighted by molar-refractivity contribution is 5.37. The third-order valence-electron chi connectivity index (χ3n) is 11.7. The molecule has 0 spiro atoms. The first-order valence-corrected chi connectivity index (χ1v) is 13.2. The molecule has 3 heteroatoms. The van der Waals surface area contributed by atoms with Crippen LogP contribution in [-0.2, 0) is 0 Å². The van der Waals surface area contributed by atoms with Crippen LogP contribution in [0, 0.1) is 44.8 Å². The van der Waals surface area contributed by atoms with Crippen LogP contribution in [0.5, 0.6) is 0 Å². The highest BCUT2D eigenvalue weighted by atomic mass is 16.3. The fourth-order valence-electron chi connectivity index (χ4n) is 9.62. The van der Waals surface area contributed by atoms with Crippen molar-refractivity contribution < 1.29 is 15.3 Å². The number of hydrogen-bond acceptors (Lipinski definition) is 3. The minimum Gasteiger partial charge on any atom is -0.395 e. The lowest BCUT2D eigenvalue weighted by molar-refractivity contribution is -0.141. The Morgan fingerprint density at radius 2 is 1.62 bits per heavy atom. The molecule has 32 heavy (non-hydrogen) atoms. The largest absolute Gasteiger partial charge is 0.395 e. The average molecular weight is 443 g/mol. The molecule has 0 aromatic carbocycles. The van der Waals surface area contributed by atoms with Gasteiger partial charge in [0.05, 0.1) is 18.8 Å². The highest BCUT2D eigenvalue weighted by Crippen LogP contribution is 2.70. The van der Waals surface area contributed by atoms with Crippen molar-refractivity contribution in [3.05, 3.63) is 23.3 Å². The third-order valence-corrected chi connectivity index (χ3v) is 11.7. The Morgan fingerprint density at radius 1 is 0.906 bits per heavy atom. The van der Waals surface area contributed by atoms with Gasteiger partial charge in [0.2, 0.25) is 0 Å². The maximum absolute atomic E-state index is 10.9. The molecule has 9 atom stereocenters. The fourth-order valence-corrected chi connectivity index (χ4v) is 9.62. The molecule has 3 fully saturated rings. The second-order valence-electron chi connectivity index (χ2n) is 14.2. The lowest BCUT2D eigenvalue weighted by atomic mass is 9.39. The molecule has 0 saturated heterocycles. The molecule has 5 rings (SSSR count). The molecule has 0 aliphatic heterocycles. The van der Waals surface area contributed by atoms with Gasteiger partial charge in [-0.3, -0.25) is 0 Å². The summed E-state index contributed by atoms with van der Waals surface area (Å²) >= 11 is 0. The van der Waals surface area contributed by atoms with E-state index in [0.29, 0.717) is 35.0 Å². The van der Waals surface area contributed by atoms with E-state index in [4.69, 9.17) is 0 Å². The first kappa shape index (κ1) is 23.1. The van der Waals surface area contributed by atoms with E-state index in [9.17, 15) is 15.3 Å². The number of hydrogen-bond donors (Lipinski definition) is 3. The Morgan fingerprint density at radius 3 is 2.31 bits per heavy atom. The van der Waals surface area contributed by atoms with Crippen molar-refractivity contribution in [2.75, 3.05) is 6.61 Å². The van der Waals surface area contributed by atoms with Gasteiger partial charge < -0.3 is 15.3 Å². The fraction of sp³-hybridized carbons (Fsp3) is 0.862. The summed E-state index contributed by atoms with van der Waals surface area (Å²) in [7, 11) is 0. The van der Waals surface area contributed by atoms with Crippen LogP contribution in [0.2, 0.25) is 0 Å². The van der Waals surface area contributed by atoms with Crippen molar-refractivity contribution >= 4 is 0 Å². The number of rotatable bonds is 1. The molecule has 3 N–H and O–H groups in total. The molecule has 0 heterocycles. The molecule has 3 nitrogen and oxygen atoms in total. The molecule has 8 unspecified atom stereocenters. The lowest BCUT2D eigenvalue weighted by Gasteiger charge is -2.66. The number of allylic oxidation sites excluding steroid dienone is 3. The quantitative estimate of drug-likeness (QED) is 0.460. The monoisotopic (exact) mass is 442 g/mol. The second-order valence-corrected chi connectivity index (χ2v) is 14.2. The second kappa shape index (κ2) is 6.95. The number of fused-ring (bicyclic) bond motifs is 7. The van der Waals surface area contributed by atoms with Crippen molar-refractivity contribution in [2.45, 2.75) is 105 Å². The van der Waals surface area contributed by atoms with Crippen LogP contribution in [0.1, 0.15) is 92.9 Å². The van der Waals surface area contributed by atoms with E-state index in [1.807, 2.05) is 6.92 Å². The van der Waals surface area contributed by atoms with Gasteiger partial charge in [-0.05, 0) is 90.8 Å². The van der Waals surface area contributed by atoms with Crippen LogP contribution < -0.4 is 0 Å². The minimum atomic E-state index is -0.897. The van der Waals surface area contributed by atoms with Crippen molar-refractivity contribution in [1.29, 1.82) is 0 Å². The Hall–Kier alpha value is -0.640. The maximum atomic E-state index is 10.9. The smallest absolute Gasteiger partial charge is 0.0912 e. The summed E-state index contributed by atoms with van der Waals surface area (Å²) in [6.45, 7) is 14.2. The first-order chi connectivity index (χ1) is 14.8. The standard InChI is InChI=1S/C29H46O3/c1-25(2)13-14-26(3)11-9-19-18(20(26)15-25)7-8-22-27(19,4)12-10-23-28(22,5)16-21(31)24(32)29(23,6)17-30/h7,10,19-22,24,30-32H,8-9,11-17H2,1-6H3/t19?,20?,21?,22?,24?,26?,27?,28?,29-/m0/s1. The zero-order valence-electron chi connectivity index (χ0n) is 21.2. The summed E-state index contributed by atoms with van der Waals surface area (Å²) in [5.41, 5.74) is 3.10. The van der Waals surface area contributed by atoms with Crippen LogP contribution in [0.4, 0.5) is 0 Å². The molecular weight excluding hydrogens is 396 g/mol. The number of aliphatic hydroxyl groups is 3. The van der Waals surface area contributed by atoms with Crippen LogP contribution in [-0.4, -0.2) is 34.1 Å². The van der Waals surface area contributed by atoms with E-state index < -0.39 is 17.6 Å². The Kier molecular flexibility index (Phi) is 5.02. The van der Waals surface area contributed by atoms with Gasteiger partial charge in [0.1, 0.15) is 0 Å². The van der Waals surface area contributed by atoms with Gasteiger partial charge in [-0.2, -0.15) is 0 Å². The molecule has 0 radical (unpaired) electrons. The van der Waals surface area contributed by atoms with E-state index in [2.05, 4.69) is 46.8 Å². The predicted octanol–water partition coefficient (Wildman–Crippen LogP) is 5.64. The van der Waals surface area contributed by atoms with Crippen LogP contribution in [0.3, 0.4) is 0 Å². The van der Waals surface area contributed by atoms with E-state index in [1.165, 1.54) is 37.7 Å². The zero-order valence-corrected chi connectivity index (χ0v) is 21.2. The summed E-state index contributed by atoms with van der Waals surface area (Å²) < 4.78 is 0. The van der Waals surface area contributed by atoms with Gasteiger partial charge in [-0.25, -0.2) is 0 Å². The van der Waals surface area contributed by atoms with E-state index >= 15 is 0 Å². The molecule has 0 aromatic heterocycles. The van der Waals surface area contributed by atoms with E-state index in [0.717, 1.165) is 12.8 Å². The normalized spacial score (nSPS) is 54.3. The zero-order chi connectivity index (χ0) is 23.3. The Balaban J connectivity index is 1.56. The molecule has 5 aliphatic rings. The van der Waals surface area contributed by atoms with Gasteiger partial charge in [-0.1, -0.05) is 64.8 Å². The molecule has 0 bridgehead atoms. The predicted molar refractivity (Wildman–Crippen MR) is 129 cm³/mol. The SMILES string of the molecule is CC1(C)CCC2(C)CCC3C(=CCC4C5(C)CC(O)C(O)[C@@](C)(CO)C5=CCC34C)C2C1. The van der Waals surface area contributed by atoms with Gasteiger partial charge >= 0.3 is 0 Å². The van der Waals surface area contributed by atoms with Crippen molar-refractivity contribution in [1.82, 2.24) is 0 Å². The topological polar surface area (TPSA) is 60.7 Å². The van der Waals surface area contributed by atoms with Gasteiger partial charge in [0, 0.05) is 5.41 Å². The van der Waals surface area contributed by atoms with Crippen LogP contribution in [0.15, 0.2) is 23.3 Å². The van der Waals surface area contributed by atoms with Crippen molar-refractivity contribution in [3.63, 3.8) is 0 Å². The van der Waals surface area contributed by atoms with E-state index in [1.54, 1.807) is 5.57 Å². The number of aliphatic hydroxyl groups excluding tert-OH is 3. The summed E-state index contributed by atoms with van der Waals surface area (Å²) in [5, 5.41) is 32.1. The van der Waals surface area contributed by atoms with Crippen molar-refractivity contribution in [3.8, 4) is 0 Å². The third kappa shape index (κ3) is 2.89. The Bertz CT molecular complexity index is 856. The first-order valence-electron chi connectivity index (χ1n) is 13.2. The van der Waals surface area contributed by atoms with Gasteiger partial charge in [0.25, 0.3) is 0 Å². The molecule has 0 aromatic rings. The lowest BCUT2D eigenvalue weighted by Crippen LogP contribution is -2.62. The minimum absolute atomic E-state index is 0.115. The molecule has 3 saturated carbocycles. The van der Waals surface area contributed by atoms with Gasteiger partial charge in [-0.15, -0.1) is 0 Å². The summed E-state index contributed by atoms with van der Waals surface area (Å²) in [6.07, 6.45) is 12.7. The van der Waals surface area contributed by atoms with E-state index in [-0.39, 0.29) is 17.4 Å². The van der Waals surface area contributed by atoms with Crippen LogP contribution in [0.25, 0.3) is 0 Å². The molecule has 180 valence electrons. The average Bonchev–Trinajstić information content (AvgIpc) is 2.72. The highest BCUT2D eigenvalue weighted by Gasteiger charge is 2.64. The summed E-state index contributed by atoms with van der Waals surface area (Å²) in [4.78, 5) is 0. The Labute approximate surface area is 195 Å². The van der Waals surface area contributed by atoms with Crippen LogP contribution >= 0.6 is 0 Å². The maximum Gasteiger partial charge on any atom is 0.0912 e.